The zero-order valence-electron chi connectivity index (χ0n) is 16.4. The molecule has 0 atom stereocenters. The van der Waals surface area contributed by atoms with E-state index in [-0.39, 0.29) is 11.0 Å². The number of H-pyrrole nitrogens is 1. The number of rotatable bonds is 7. The number of ether oxygens (including phenoxy) is 1. The molecule has 4 aromatic rings. The first-order chi connectivity index (χ1) is 14.7. The Balaban J connectivity index is 1.37. The molecule has 0 saturated heterocycles. The molecular weight excluding hydrogens is 376 g/mol. The number of hydrogen-bond donors (Lipinski definition) is 2. The van der Waals surface area contributed by atoms with Gasteiger partial charge in [-0.3, -0.25) is 9.59 Å². The molecule has 1 aromatic heterocycles. The van der Waals surface area contributed by atoms with Crippen molar-refractivity contribution in [1.82, 2.24) is 10.3 Å². The lowest BCUT2D eigenvalue weighted by Crippen LogP contribution is -2.28. The SMILES string of the molecule is O=C(NCc1cccc(COCc2ccccc2)c1)c1c[nH]c2ccccc2c1=O. The molecule has 0 aliphatic rings. The second-order valence-corrected chi connectivity index (χ2v) is 7.06. The van der Waals surface area contributed by atoms with Gasteiger partial charge in [-0.2, -0.15) is 0 Å². The molecule has 0 unspecified atom stereocenters. The van der Waals surface area contributed by atoms with Gasteiger partial charge in [-0.1, -0.05) is 66.7 Å². The number of para-hydroxylation sites is 1. The number of nitrogens with one attached hydrogen (secondary N) is 2. The van der Waals surface area contributed by atoms with Gasteiger partial charge in [0.2, 0.25) is 5.43 Å². The first kappa shape index (κ1) is 19.6. The number of aromatic amines is 1. The molecule has 1 amide bonds. The lowest BCUT2D eigenvalue weighted by Gasteiger charge is -2.09. The molecular formula is C25H22N2O3. The van der Waals surface area contributed by atoms with E-state index in [1.54, 1.807) is 12.1 Å². The van der Waals surface area contributed by atoms with Crippen LogP contribution >= 0.6 is 0 Å². The van der Waals surface area contributed by atoms with Gasteiger partial charge >= 0.3 is 0 Å². The number of pyridine rings is 1. The standard InChI is InChI=1S/C25H22N2O3/c28-24-21-11-4-5-12-23(21)26-15-22(24)25(29)27-14-19-9-6-10-20(13-19)17-30-16-18-7-2-1-3-8-18/h1-13,15H,14,16-17H2,(H,26,28)(H,27,29). The molecule has 150 valence electrons. The van der Waals surface area contributed by atoms with Crippen LogP contribution in [0.25, 0.3) is 10.9 Å². The predicted octanol–water partition coefficient (Wildman–Crippen LogP) is 4.17. The average molecular weight is 398 g/mol. The van der Waals surface area contributed by atoms with E-state index in [9.17, 15) is 9.59 Å². The van der Waals surface area contributed by atoms with Gasteiger partial charge in [-0.05, 0) is 28.8 Å². The lowest BCUT2D eigenvalue weighted by molar-refractivity contribution is 0.0949. The Morgan fingerprint density at radius 2 is 1.53 bits per heavy atom. The number of fused-ring (bicyclic) bond motifs is 1. The highest BCUT2D eigenvalue weighted by molar-refractivity contribution is 5.97. The summed E-state index contributed by atoms with van der Waals surface area (Å²) in [6.45, 7) is 1.37. The number of aromatic nitrogens is 1. The molecule has 30 heavy (non-hydrogen) atoms. The van der Waals surface area contributed by atoms with E-state index in [0.717, 1.165) is 16.7 Å². The van der Waals surface area contributed by atoms with Gasteiger partial charge in [-0.15, -0.1) is 0 Å². The zero-order chi connectivity index (χ0) is 20.8. The van der Waals surface area contributed by atoms with E-state index in [1.165, 1.54) is 6.20 Å². The van der Waals surface area contributed by atoms with Crippen LogP contribution in [0.5, 0.6) is 0 Å². The highest BCUT2D eigenvalue weighted by atomic mass is 16.5. The Labute approximate surface area is 174 Å². The van der Waals surface area contributed by atoms with Crippen LogP contribution in [0.1, 0.15) is 27.0 Å². The zero-order valence-corrected chi connectivity index (χ0v) is 16.4. The summed E-state index contributed by atoms with van der Waals surface area (Å²) in [4.78, 5) is 28.1. The fourth-order valence-corrected chi connectivity index (χ4v) is 3.30. The molecule has 4 rings (SSSR count). The van der Waals surface area contributed by atoms with Crippen LogP contribution in [0.2, 0.25) is 0 Å². The summed E-state index contributed by atoms with van der Waals surface area (Å²) in [5, 5.41) is 3.33. The molecule has 1 heterocycles. The normalized spacial score (nSPS) is 10.8. The maximum Gasteiger partial charge on any atom is 0.257 e. The van der Waals surface area contributed by atoms with Gasteiger partial charge in [0.1, 0.15) is 5.56 Å². The van der Waals surface area contributed by atoms with Crippen molar-refractivity contribution in [3.63, 3.8) is 0 Å². The summed E-state index contributed by atoms with van der Waals surface area (Å²) in [5.74, 6) is -0.396. The van der Waals surface area contributed by atoms with Crippen LogP contribution in [0.4, 0.5) is 0 Å². The van der Waals surface area contributed by atoms with Crippen LogP contribution in [0.3, 0.4) is 0 Å². The Kier molecular flexibility index (Phi) is 6.01. The topological polar surface area (TPSA) is 71.2 Å². The summed E-state index contributed by atoms with van der Waals surface area (Å²) in [6.07, 6.45) is 1.47. The highest BCUT2D eigenvalue weighted by Crippen LogP contribution is 2.10. The molecule has 0 saturated carbocycles. The second kappa shape index (κ2) is 9.20. The van der Waals surface area contributed by atoms with Gasteiger partial charge < -0.3 is 15.0 Å². The molecule has 5 nitrogen and oxygen atoms in total. The molecule has 0 spiro atoms. The third kappa shape index (κ3) is 4.64. The van der Waals surface area contributed by atoms with Crippen molar-refractivity contribution in [1.29, 1.82) is 0 Å². The molecule has 0 radical (unpaired) electrons. The Morgan fingerprint density at radius 3 is 2.40 bits per heavy atom. The van der Waals surface area contributed by atoms with E-state index in [4.69, 9.17) is 4.74 Å². The van der Waals surface area contributed by atoms with E-state index < -0.39 is 5.91 Å². The summed E-state index contributed by atoms with van der Waals surface area (Å²) >= 11 is 0. The van der Waals surface area contributed by atoms with Crippen molar-refractivity contribution in [2.45, 2.75) is 19.8 Å². The smallest absolute Gasteiger partial charge is 0.257 e. The van der Waals surface area contributed by atoms with Gasteiger partial charge in [0.05, 0.1) is 13.2 Å². The fraction of sp³-hybridized carbons (Fsp3) is 0.120. The van der Waals surface area contributed by atoms with E-state index in [2.05, 4.69) is 10.3 Å². The van der Waals surface area contributed by atoms with Crippen LogP contribution in [0.15, 0.2) is 89.9 Å². The second-order valence-electron chi connectivity index (χ2n) is 7.06. The average Bonchev–Trinajstić information content (AvgIpc) is 2.79. The van der Waals surface area contributed by atoms with Crippen molar-refractivity contribution in [2.24, 2.45) is 0 Å². The number of benzene rings is 3. The van der Waals surface area contributed by atoms with E-state index in [0.29, 0.717) is 30.7 Å². The van der Waals surface area contributed by atoms with Gasteiger partial charge in [0, 0.05) is 23.6 Å². The maximum atomic E-state index is 12.6. The lowest BCUT2D eigenvalue weighted by atomic mass is 10.1. The number of carbonyl (C=O) groups is 1. The van der Waals surface area contributed by atoms with Crippen molar-refractivity contribution in [2.75, 3.05) is 0 Å². The Hall–Kier alpha value is -3.70. The number of carbonyl (C=O) groups excluding carboxylic acids is 1. The number of hydrogen-bond acceptors (Lipinski definition) is 3. The summed E-state index contributed by atoms with van der Waals surface area (Å²) < 4.78 is 5.78. The van der Waals surface area contributed by atoms with Crippen LogP contribution < -0.4 is 10.7 Å². The quantitative estimate of drug-likeness (QED) is 0.491. The van der Waals surface area contributed by atoms with Crippen LogP contribution in [-0.4, -0.2) is 10.9 Å². The maximum absolute atomic E-state index is 12.6. The first-order valence-electron chi connectivity index (χ1n) is 9.79. The minimum atomic E-state index is -0.396. The molecule has 2 N–H and O–H groups in total. The van der Waals surface area contributed by atoms with E-state index in [1.807, 2.05) is 66.7 Å². The van der Waals surface area contributed by atoms with Crippen molar-refractivity contribution in [3.8, 4) is 0 Å². The van der Waals surface area contributed by atoms with E-state index >= 15 is 0 Å². The van der Waals surface area contributed by atoms with Crippen molar-refractivity contribution >= 4 is 16.8 Å². The van der Waals surface area contributed by atoms with Gasteiger partial charge in [-0.25, -0.2) is 0 Å². The van der Waals surface area contributed by atoms with Crippen molar-refractivity contribution < 1.29 is 9.53 Å². The minimum absolute atomic E-state index is 0.107. The molecule has 3 aromatic carbocycles. The predicted molar refractivity (Wildman–Crippen MR) is 117 cm³/mol. The summed E-state index contributed by atoms with van der Waals surface area (Å²) in [6, 6.07) is 25.0. The van der Waals surface area contributed by atoms with Crippen molar-refractivity contribution in [3.05, 3.63) is 118 Å². The van der Waals surface area contributed by atoms with Crippen LogP contribution in [0, 0.1) is 0 Å². The summed E-state index contributed by atoms with van der Waals surface area (Å²) in [5.41, 5.74) is 3.65. The Bertz CT molecular complexity index is 1220. The fourth-order valence-electron chi connectivity index (χ4n) is 3.30. The van der Waals surface area contributed by atoms with Gasteiger partial charge in [0.25, 0.3) is 5.91 Å². The highest BCUT2D eigenvalue weighted by Gasteiger charge is 2.12. The molecule has 0 aliphatic carbocycles. The monoisotopic (exact) mass is 398 g/mol. The molecule has 5 heteroatoms. The van der Waals surface area contributed by atoms with Gasteiger partial charge in [0.15, 0.2) is 0 Å². The third-order valence-corrected chi connectivity index (χ3v) is 4.86. The van der Waals surface area contributed by atoms with Crippen LogP contribution in [-0.2, 0) is 24.5 Å². The Morgan fingerprint density at radius 1 is 0.833 bits per heavy atom. The number of amides is 1. The largest absolute Gasteiger partial charge is 0.372 e. The minimum Gasteiger partial charge on any atom is -0.372 e. The summed E-state index contributed by atoms with van der Waals surface area (Å²) in [7, 11) is 0. The third-order valence-electron chi connectivity index (χ3n) is 4.86. The molecule has 0 bridgehead atoms. The molecule has 0 aliphatic heterocycles. The first-order valence-corrected chi connectivity index (χ1v) is 9.79. The molecule has 0 fully saturated rings.